The van der Waals surface area contributed by atoms with Crippen molar-refractivity contribution in [3.8, 4) is 16.3 Å². The van der Waals surface area contributed by atoms with Crippen LogP contribution in [0.2, 0.25) is 0 Å². The fourth-order valence-electron chi connectivity index (χ4n) is 1.65. The van der Waals surface area contributed by atoms with Crippen molar-refractivity contribution in [3.05, 3.63) is 42.5 Å². The number of phenols is 1. The fraction of sp³-hybridized carbons (Fsp3) is 0. The molecule has 83 valence electrons. The summed E-state index contributed by atoms with van der Waals surface area (Å²) in [6.07, 6.45) is 0. The first-order valence-corrected chi connectivity index (χ1v) is 5.95. The Labute approximate surface area is 102 Å². The highest BCUT2D eigenvalue weighted by atomic mass is 32.1. The van der Waals surface area contributed by atoms with Crippen molar-refractivity contribution in [1.29, 1.82) is 0 Å². The molecule has 0 aliphatic heterocycles. The molecule has 0 aliphatic rings. The monoisotopic (exact) mass is 241 g/mol. The van der Waals surface area contributed by atoms with E-state index < -0.39 is 0 Å². The molecular weight excluding hydrogens is 232 g/mol. The molecule has 0 atom stereocenters. The summed E-state index contributed by atoms with van der Waals surface area (Å²) in [5.74, 6) is 0.259. The van der Waals surface area contributed by atoms with Crippen LogP contribution in [0.4, 0.5) is 5.69 Å². The van der Waals surface area contributed by atoms with Crippen LogP contribution < -0.4 is 5.73 Å². The summed E-state index contributed by atoms with van der Waals surface area (Å²) in [6.45, 7) is 0. The number of hydrogen-bond acceptors (Lipinski definition) is 3. The molecule has 2 N–H and O–H groups in total. The maximum Gasteiger partial charge on any atom is 0.124 e. The first-order chi connectivity index (χ1) is 8.22. The van der Waals surface area contributed by atoms with Gasteiger partial charge in [-0.05, 0) is 42.5 Å². The molecule has 1 heterocycles. The molecule has 1 radical (unpaired) electrons. The number of nitrogens with one attached hydrogen (secondary N) is 1. The van der Waals surface area contributed by atoms with Gasteiger partial charge in [0.2, 0.25) is 0 Å². The number of phenolic OH excluding ortho intramolecular Hbond substituents is 1. The average molecular weight is 241 g/mol. The molecule has 0 bridgehead atoms. The molecule has 17 heavy (non-hydrogen) atoms. The first-order valence-electron chi connectivity index (χ1n) is 5.14. The van der Waals surface area contributed by atoms with Gasteiger partial charge in [0.05, 0.1) is 15.9 Å². The minimum atomic E-state index is 0.259. The van der Waals surface area contributed by atoms with Crippen molar-refractivity contribution in [3.63, 3.8) is 0 Å². The van der Waals surface area contributed by atoms with Crippen LogP contribution in [0.25, 0.3) is 20.8 Å². The Kier molecular flexibility index (Phi) is 2.23. The lowest BCUT2D eigenvalue weighted by atomic mass is 10.2. The van der Waals surface area contributed by atoms with E-state index in [1.807, 2.05) is 18.2 Å². The molecule has 3 aromatic rings. The molecule has 0 amide bonds. The van der Waals surface area contributed by atoms with E-state index in [4.69, 9.17) is 5.73 Å². The number of nitrogens with zero attached hydrogens (tertiary/aromatic N) is 1. The van der Waals surface area contributed by atoms with Gasteiger partial charge in [-0.1, -0.05) is 0 Å². The number of rotatable bonds is 1. The molecule has 3 rings (SSSR count). The standard InChI is InChI=1S/C13H9N2OS/c14-9-3-1-8(2-4-9)13-15-11-6-5-10(16)7-12(11)17-13/h1-7,14,16H. The maximum atomic E-state index is 9.40. The Morgan fingerprint density at radius 2 is 1.82 bits per heavy atom. The van der Waals surface area contributed by atoms with Gasteiger partial charge in [-0.3, -0.25) is 0 Å². The summed E-state index contributed by atoms with van der Waals surface area (Å²) in [4.78, 5) is 4.50. The van der Waals surface area contributed by atoms with Gasteiger partial charge in [-0.25, -0.2) is 4.98 Å². The van der Waals surface area contributed by atoms with Gasteiger partial charge >= 0.3 is 0 Å². The van der Waals surface area contributed by atoms with Gasteiger partial charge in [0.15, 0.2) is 0 Å². The van der Waals surface area contributed by atoms with Gasteiger partial charge < -0.3 is 10.8 Å². The summed E-state index contributed by atoms with van der Waals surface area (Å²) >= 11 is 1.54. The normalized spacial score (nSPS) is 10.8. The summed E-state index contributed by atoms with van der Waals surface area (Å²) in [5.41, 5.74) is 9.82. The van der Waals surface area contributed by atoms with Crippen molar-refractivity contribution in [2.24, 2.45) is 0 Å². The predicted octanol–water partition coefficient (Wildman–Crippen LogP) is 3.58. The van der Waals surface area contributed by atoms with Crippen LogP contribution in [-0.2, 0) is 0 Å². The lowest BCUT2D eigenvalue weighted by Gasteiger charge is -1.95. The first kappa shape index (κ1) is 10.1. The van der Waals surface area contributed by atoms with Crippen LogP contribution in [0, 0.1) is 0 Å². The molecule has 1 aromatic heterocycles. The van der Waals surface area contributed by atoms with Crippen molar-refractivity contribution in [2.75, 3.05) is 0 Å². The third-order valence-electron chi connectivity index (χ3n) is 2.50. The van der Waals surface area contributed by atoms with Crippen molar-refractivity contribution >= 4 is 27.2 Å². The van der Waals surface area contributed by atoms with E-state index >= 15 is 0 Å². The average Bonchev–Trinajstić information content (AvgIpc) is 2.72. The molecular formula is C13H9N2OS. The summed E-state index contributed by atoms with van der Waals surface area (Å²) in [7, 11) is 0. The second-order valence-electron chi connectivity index (χ2n) is 3.75. The topological polar surface area (TPSA) is 56.9 Å². The third-order valence-corrected chi connectivity index (χ3v) is 3.57. The van der Waals surface area contributed by atoms with E-state index in [1.165, 1.54) is 11.3 Å². The largest absolute Gasteiger partial charge is 0.508 e. The van der Waals surface area contributed by atoms with E-state index in [0.29, 0.717) is 5.69 Å². The van der Waals surface area contributed by atoms with Gasteiger partial charge in [-0.2, -0.15) is 0 Å². The van der Waals surface area contributed by atoms with Crippen molar-refractivity contribution in [1.82, 2.24) is 10.7 Å². The van der Waals surface area contributed by atoms with Crippen LogP contribution in [0.3, 0.4) is 0 Å². The van der Waals surface area contributed by atoms with E-state index in [0.717, 1.165) is 20.8 Å². The predicted molar refractivity (Wildman–Crippen MR) is 69.5 cm³/mol. The Bertz CT molecular complexity index is 673. The van der Waals surface area contributed by atoms with E-state index in [-0.39, 0.29) is 5.75 Å². The van der Waals surface area contributed by atoms with Gasteiger partial charge in [0, 0.05) is 5.56 Å². The zero-order chi connectivity index (χ0) is 11.8. The van der Waals surface area contributed by atoms with Crippen LogP contribution in [-0.4, -0.2) is 10.1 Å². The summed E-state index contributed by atoms with van der Waals surface area (Å²) < 4.78 is 0.968. The van der Waals surface area contributed by atoms with Crippen molar-refractivity contribution in [2.45, 2.75) is 0 Å². The summed E-state index contributed by atoms with van der Waals surface area (Å²) in [6, 6.07) is 12.4. The molecule has 0 spiro atoms. The highest BCUT2D eigenvalue weighted by Gasteiger charge is 2.06. The molecule has 0 unspecified atom stereocenters. The van der Waals surface area contributed by atoms with E-state index in [2.05, 4.69) is 4.98 Å². The number of hydrogen-bond donors (Lipinski definition) is 1. The smallest absolute Gasteiger partial charge is 0.124 e. The lowest BCUT2D eigenvalue weighted by molar-refractivity contribution is 0.476. The van der Waals surface area contributed by atoms with Gasteiger partial charge in [0.25, 0.3) is 0 Å². The molecule has 4 heteroatoms. The zero-order valence-electron chi connectivity index (χ0n) is 8.84. The molecule has 0 aliphatic carbocycles. The second kappa shape index (κ2) is 3.75. The van der Waals surface area contributed by atoms with Gasteiger partial charge in [0.1, 0.15) is 10.8 Å². The van der Waals surface area contributed by atoms with Crippen LogP contribution in [0.5, 0.6) is 5.75 Å². The van der Waals surface area contributed by atoms with Crippen LogP contribution >= 0.6 is 11.3 Å². The van der Waals surface area contributed by atoms with E-state index in [9.17, 15) is 5.11 Å². The highest BCUT2D eigenvalue weighted by molar-refractivity contribution is 7.21. The zero-order valence-corrected chi connectivity index (χ0v) is 9.66. The Morgan fingerprint density at radius 3 is 2.59 bits per heavy atom. The summed E-state index contributed by atoms with van der Waals surface area (Å²) in [5, 5.41) is 10.3. The number of thiazole rings is 1. The van der Waals surface area contributed by atoms with Crippen LogP contribution in [0.1, 0.15) is 0 Å². The maximum absolute atomic E-state index is 9.40. The molecule has 3 nitrogen and oxygen atoms in total. The quantitative estimate of drug-likeness (QED) is 0.707. The minimum Gasteiger partial charge on any atom is -0.508 e. The fourth-order valence-corrected chi connectivity index (χ4v) is 2.65. The minimum absolute atomic E-state index is 0.259. The molecule has 0 fully saturated rings. The number of fused-ring (bicyclic) bond motifs is 1. The number of aromatic hydroxyl groups is 1. The second-order valence-corrected chi connectivity index (χ2v) is 4.78. The Balaban J connectivity index is 2.14. The SMILES string of the molecule is [NH]c1ccc(-c2nc3ccc(O)cc3s2)cc1. The molecule has 2 aromatic carbocycles. The number of aromatic nitrogens is 1. The van der Waals surface area contributed by atoms with Crippen LogP contribution in [0.15, 0.2) is 42.5 Å². The van der Waals surface area contributed by atoms with Gasteiger partial charge in [-0.15, -0.1) is 11.3 Å². The molecule has 0 saturated heterocycles. The molecule has 0 saturated carbocycles. The number of benzene rings is 2. The third kappa shape index (κ3) is 1.83. The van der Waals surface area contributed by atoms with E-state index in [1.54, 1.807) is 24.3 Å². The Morgan fingerprint density at radius 1 is 1.06 bits per heavy atom. The lowest BCUT2D eigenvalue weighted by Crippen LogP contribution is -1.75. The highest BCUT2D eigenvalue weighted by Crippen LogP contribution is 2.32. The van der Waals surface area contributed by atoms with Crippen molar-refractivity contribution < 1.29 is 5.11 Å². The Hall–Kier alpha value is -2.07.